The third-order valence-electron chi connectivity index (χ3n) is 11.0. The number of benzene rings is 10. The van der Waals surface area contributed by atoms with E-state index in [9.17, 15) is 0 Å². The van der Waals surface area contributed by atoms with Crippen LogP contribution in [0.3, 0.4) is 0 Å². The second-order valence-corrected chi connectivity index (χ2v) is 14.0. The number of hydrogen-bond donors (Lipinski definition) is 0. The molecule has 0 unspecified atom stereocenters. The summed E-state index contributed by atoms with van der Waals surface area (Å²) in [7, 11) is 0. The molecule has 0 amide bonds. The molecule has 0 fully saturated rings. The molecule has 0 aliphatic heterocycles. The van der Waals surface area contributed by atoms with Gasteiger partial charge in [0, 0.05) is 27.5 Å². The molecule has 252 valence electrons. The Balaban J connectivity index is 1.27. The van der Waals surface area contributed by atoms with E-state index < -0.39 is 0 Å². The lowest BCUT2D eigenvalue weighted by molar-refractivity contribution is 0.669. The summed E-state index contributed by atoms with van der Waals surface area (Å²) in [6.07, 6.45) is 0. The fourth-order valence-electron chi connectivity index (χ4n) is 8.63. The van der Waals surface area contributed by atoms with Gasteiger partial charge < -0.3 is 9.32 Å². The van der Waals surface area contributed by atoms with Crippen LogP contribution in [0.2, 0.25) is 0 Å². The van der Waals surface area contributed by atoms with E-state index in [1.807, 2.05) is 12.1 Å². The molecule has 0 N–H and O–H groups in total. The number of para-hydroxylation sites is 1. The minimum absolute atomic E-state index is 0.882. The van der Waals surface area contributed by atoms with Crippen LogP contribution in [-0.4, -0.2) is 0 Å². The van der Waals surface area contributed by atoms with Crippen molar-refractivity contribution >= 4 is 82.1 Å². The van der Waals surface area contributed by atoms with Crippen molar-refractivity contribution < 1.29 is 4.42 Å². The molecule has 1 heterocycles. The van der Waals surface area contributed by atoms with E-state index in [0.29, 0.717) is 0 Å². The first-order chi connectivity index (χ1) is 26.8. The van der Waals surface area contributed by atoms with E-state index >= 15 is 0 Å². The first-order valence-corrected chi connectivity index (χ1v) is 18.5. The van der Waals surface area contributed by atoms with Gasteiger partial charge in [0.25, 0.3) is 0 Å². The molecule has 0 aliphatic carbocycles. The lowest BCUT2D eigenvalue weighted by Crippen LogP contribution is -2.11. The second-order valence-electron chi connectivity index (χ2n) is 14.0. The highest BCUT2D eigenvalue weighted by atomic mass is 16.3. The highest BCUT2D eigenvalue weighted by Gasteiger charge is 2.22. The second kappa shape index (κ2) is 12.2. The third-order valence-corrected chi connectivity index (χ3v) is 11.0. The number of nitrogens with zero attached hydrogens (tertiary/aromatic N) is 1. The van der Waals surface area contributed by atoms with Crippen molar-refractivity contribution in [3.63, 3.8) is 0 Å². The lowest BCUT2D eigenvalue weighted by Gasteiger charge is -2.28. The molecule has 11 rings (SSSR count). The zero-order chi connectivity index (χ0) is 35.6. The third kappa shape index (κ3) is 4.74. The van der Waals surface area contributed by atoms with Crippen LogP contribution < -0.4 is 4.90 Å². The molecule has 0 spiro atoms. The van der Waals surface area contributed by atoms with Gasteiger partial charge >= 0.3 is 0 Å². The summed E-state index contributed by atoms with van der Waals surface area (Å²) in [6.45, 7) is 0. The number of rotatable bonds is 5. The van der Waals surface area contributed by atoms with Gasteiger partial charge in [-0.1, -0.05) is 158 Å². The molecule has 0 bridgehead atoms. The average Bonchev–Trinajstić information content (AvgIpc) is 3.62. The largest absolute Gasteiger partial charge is 0.456 e. The Hall–Kier alpha value is -7.16. The summed E-state index contributed by atoms with van der Waals surface area (Å²) >= 11 is 0. The Kier molecular flexibility index (Phi) is 6.90. The molecule has 0 atom stereocenters. The summed E-state index contributed by atoms with van der Waals surface area (Å²) < 4.78 is 6.33. The van der Waals surface area contributed by atoms with Gasteiger partial charge in [0.2, 0.25) is 0 Å². The van der Waals surface area contributed by atoms with Crippen LogP contribution >= 0.6 is 0 Å². The van der Waals surface area contributed by atoms with Crippen molar-refractivity contribution in [3.8, 4) is 22.3 Å². The molecule has 0 radical (unpaired) electrons. The van der Waals surface area contributed by atoms with E-state index in [1.54, 1.807) is 0 Å². The zero-order valence-corrected chi connectivity index (χ0v) is 29.4. The molecule has 2 nitrogen and oxygen atoms in total. The number of hydrogen-bond acceptors (Lipinski definition) is 2. The van der Waals surface area contributed by atoms with E-state index in [4.69, 9.17) is 4.42 Å². The number of furan rings is 1. The van der Waals surface area contributed by atoms with Crippen LogP contribution in [0.1, 0.15) is 0 Å². The van der Waals surface area contributed by atoms with Crippen molar-refractivity contribution in [2.24, 2.45) is 0 Å². The Bertz CT molecular complexity index is 3210. The summed E-state index contributed by atoms with van der Waals surface area (Å²) in [5.41, 5.74) is 9.93. The fourth-order valence-corrected chi connectivity index (χ4v) is 8.63. The molecule has 10 aromatic carbocycles. The molecule has 54 heavy (non-hydrogen) atoms. The van der Waals surface area contributed by atoms with Gasteiger partial charge in [-0.3, -0.25) is 0 Å². The Morgan fingerprint density at radius 3 is 1.50 bits per heavy atom. The van der Waals surface area contributed by atoms with Crippen LogP contribution in [-0.2, 0) is 0 Å². The van der Waals surface area contributed by atoms with Crippen LogP contribution in [0, 0.1) is 0 Å². The highest BCUT2D eigenvalue weighted by molar-refractivity contribution is 6.23. The van der Waals surface area contributed by atoms with Crippen LogP contribution in [0.4, 0.5) is 17.1 Å². The van der Waals surface area contributed by atoms with Gasteiger partial charge in [0.1, 0.15) is 11.2 Å². The van der Waals surface area contributed by atoms with Crippen LogP contribution in [0.25, 0.3) is 87.3 Å². The topological polar surface area (TPSA) is 16.4 Å². The van der Waals surface area contributed by atoms with Crippen molar-refractivity contribution in [1.82, 2.24) is 0 Å². The van der Waals surface area contributed by atoms with E-state index in [0.717, 1.165) is 39.0 Å². The van der Waals surface area contributed by atoms with E-state index in [2.05, 4.69) is 193 Å². The predicted octanol–water partition coefficient (Wildman–Crippen LogP) is 15.0. The maximum absolute atomic E-state index is 6.33. The number of anilines is 3. The lowest BCUT2D eigenvalue weighted by atomic mass is 9.85. The van der Waals surface area contributed by atoms with E-state index in [1.165, 1.54) is 65.3 Å². The number of fused-ring (bicyclic) bond motifs is 9. The van der Waals surface area contributed by atoms with Crippen LogP contribution in [0.5, 0.6) is 0 Å². The molecule has 0 saturated carbocycles. The molecule has 2 heteroatoms. The van der Waals surface area contributed by atoms with Gasteiger partial charge in [-0.25, -0.2) is 0 Å². The summed E-state index contributed by atoms with van der Waals surface area (Å²) in [5, 5.41) is 12.0. The maximum Gasteiger partial charge on any atom is 0.135 e. The molecular formula is C52H33NO. The molecule has 11 aromatic rings. The van der Waals surface area contributed by atoms with Gasteiger partial charge in [-0.2, -0.15) is 0 Å². The van der Waals surface area contributed by atoms with Gasteiger partial charge in [0.15, 0.2) is 0 Å². The molecule has 1 aromatic heterocycles. The molecule has 0 saturated heterocycles. The van der Waals surface area contributed by atoms with Crippen molar-refractivity contribution in [1.29, 1.82) is 0 Å². The SMILES string of the molecule is c1ccc(-c2c(-c3ccccc3)c3cc(N(c4ccc5oc6ccccc6c5c4)c4cc5ccccc5c5ccccc45)ccc3c3ccccc23)cc1. The normalized spacial score (nSPS) is 11.7. The van der Waals surface area contributed by atoms with Crippen molar-refractivity contribution in [2.45, 2.75) is 0 Å². The van der Waals surface area contributed by atoms with Gasteiger partial charge in [0.05, 0.1) is 5.69 Å². The smallest absolute Gasteiger partial charge is 0.135 e. The monoisotopic (exact) mass is 687 g/mol. The predicted molar refractivity (Wildman–Crippen MR) is 229 cm³/mol. The quantitative estimate of drug-likeness (QED) is 0.168. The first-order valence-electron chi connectivity index (χ1n) is 18.5. The Labute approximate surface area is 312 Å². The molecule has 0 aliphatic rings. The van der Waals surface area contributed by atoms with Gasteiger partial charge in [-0.05, 0) is 102 Å². The first kappa shape index (κ1) is 30.5. The standard InChI is InChI=1S/C52H33NO/c1-3-15-34(16-4-1)51-45-25-12-10-22-41(45)42-29-27-37(33-47(42)52(51)35-17-5-2-6-18-35)53(38-28-30-50-46(32-38)44-24-13-14-26-49(44)54-50)48-31-36-19-7-8-20-39(36)40-21-9-11-23-43(40)48/h1-33H. The Morgan fingerprint density at radius 1 is 0.296 bits per heavy atom. The minimum atomic E-state index is 0.882. The fraction of sp³-hybridized carbons (Fsp3) is 0. The molecular weight excluding hydrogens is 655 g/mol. The Morgan fingerprint density at radius 2 is 0.778 bits per heavy atom. The minimum Gasteiger partial charge on any atom is -0.456 e. The maximum atomic E-state index is 6.33. The van der Waals surface area contributed by atoms with Crippen molar-refractivity contribution in [3.05, 3.63) is 200 Å². The summed E-state index contributed by atoms with van der Waals surface area (Å²) in [4.78, 5) is 2.45. The zero-order valence-electron chi connectivity index (χ0n) is 29.4. The van der Waals surface area contributed by atoms with Gasteiger partial charge in [-0.15, -0.1) is 0 Å². The van der Waals surface area contributed by atoms with Crippen LogP contribution in [0.15, 0.2) is 205 Å². The highest BCUT2D eigenvalue weighted by Crippen LogP contribution is 2.48. The summed E-state index contributed by atoms with van der Waals surface area (Å²) in [6, 6.07) is 72.4. The summed E-state index contributed by atoms with van der Waals surface area (Å²) in [5.74, 6) is 0. The average molecular weight is 688 g/mol. The van der Waals surface area contributed by atoms with Crippen molar-refractivity contribution in [2.75, 3.05) is 4.90 Å². The van der Waals surface area contributed by atoms with E-state index in [-0.39, 0.29) is 0 Å².